The van der Waals surface area contributed by atoms with Crippen LogP contribution in [0.5, 0.6) is 0 Å². The van der Waals surface area contributed by atoms with Crippen LogP contribution in [-0.4, -0.2) is 30.1 Å². The van der Waals surface area contributed by atoms with Crippen LogP contribution in [0.15, 0.2) is 46.0 Å². The van der Waals surface area contributed by atoms with Crippen molar-refractivity contribution in [3.8, 4) is 5.69 Å². The Balaban J connectivity index is 1.88. The van der Waals surface area contributed by atoms with Crippen LogP contribution in [0.25, 0.3) is 5.69 Å². The maximum atomic E-state index is 11.2. The molecule has 0 aliphatic carbocycles. The first kappa shape index (κ1) is 18.9. The van der Waals surface area contributed by atoms with Gasteiger partial charge in [-0.15, -0.1) is 5.10 Å². The molecule has 0 aliphatic rings. The summed E-state index contributed by atoms with van der Waals surface area (Å²) in [5.74, 6) is 0.235. The molecule has 0 atom stereocenters. The van der Waals surface area contributed by atoms with Gasteiger partial charge in [-0.2, -0.15) is 4.68 Å². The van der Waals surface area contributed by atoms with Crippen LogP contribution in [0.1, 0.15) is 11.1 Å². The molecule has 0 fully saturated rings. The number of nitro benzene ring substituents is 2. The van der Waals surface area contributed by atoms with Crippen LogP contribution in [0.2, 0.25) is 0 Å². The van der Waals surface area contributed by atoms with Crippen LogP contribution in [0.3, 0.4) is 0 Å². The lowest BCUT2D eigenvalue weighted by atomic mass is 10.1. The van der Waals surface area contributed by atoms with Gasteiger partial charge in [-0.25, -0.2) is 0 Å². The van der Waals surface area contributed by atoms with E-state index in [1.807, 2.05) is 24.3 Å². The number of thioether (sulfide) groups is 1. The summed E-state index contributed by atoms with van der Waals surface area (Å²) in [6.45, 7) is 1.36. The number of benzene rings is 2. The largest absolute Gasteiger partial charge is 0.279 e. The zero-order chi connectivity index (χ0) is 19.6. The van der Waals surface area contributed by atoms with E-state index < -0.39 is 9.85 Å². The quantitative estimate of drug-likeness (QED) is 0.314. The van der Waals surface area contributed by atoms with E-state index in [4.69, 9.17) is 0 Å². The normalized spacial score (nSPS) is 10.7. The molecule has 0 N–H and O–H groups in total. The van der Waals surface area contributed by atoms with Crippen molar-refractivity contribution in [2.75, 3.05) is 0 Å². The van der Waals surface area contributed by atoms with Gasteiger partial charge in [0, 0.05) is 22.4 Å². The van der Waals surface area contributed by atoms with Gasteiger partial charge >= 0.3 is 0 Å². The van der Waals surface area contributed by atoms with E-state index in [-0.39, 0.29) is 22.7 Å². The number of rotatable bonds is 6. The van der Waals surface area contributed by atoms with E-state index in [9.17, 15) is 20.2 Å². The fourth-order valence-electron chi connectivity index (χ4n) is 2.36. The third kappa shape index (κ3) is 4.11. The Morgan fingerprint density at radius 2 is 1.70 bits per heavy atom. The summed E-state index contributed by atoms with van der Waals surface area (Å²) in [5, 5.41) is 34.4. The number of halogens is 1. The van der Waals surface area contributed by atoms with E-state index >= 15 is 0 Å². The molecule has 3 aromatic rings. The van der Waals surface area contributed by atoms with Crippen molar-refractivity contribution < 1.29 is 9.85 Å². The molecule has 0 bridgehead atoms. The van der Waals surface area contributed by atoms with Crippen LogP contribution in [-0.2, 0) is 5.75 Å². The van der Waals surface area contributed by atoms with Crippen LogP contribution in [0.4, 0.5) is 11.4 Å². The molecular formula is C15H11BrN6O4S. The molecule has 2 aromatic carbocycles. The van der Waals surface area contributed by atoms with E-state index in [0.29, 0.717) is 10.7 Å². The highest BCUT2D eigenvalue weighted by molar-refractivity contribution is 9.10. The molecule has 1 heterocycles. The summed E-state index contributed by atoms with van der Waals surface area (Å²) < 4.78 is 2.43. The molecule has 0 aliphatic heterocycles. The number of nitro groups is 2. The molecule has 0 spiro atoms. The third-order valence-corrected chi connectivity index (χ3v) is 5.21. The van der Waals surface area contributed by atoms with E-state index in [2.05, 4.69) is 31.5 Å². The Bertz CT molecular complexity index is 988. The maximum Gasteiger partial charge on any atom is 0.279 e. The highest BCUT2D eigenvalue weighted by atomic mass is 79.9. The van der Waals surface area contributed by atoms with Gasteiger partial charge in [0.05, 0.1) is 15.5 Å². The molecule has 10 nitrogen and oxygen atoms in total. The van der Waals surface area contributed by atoms with Crippen LogP contribution in [0, 0.1) is 27.2 Å². The Kier molecular flexibility index (Phi) is 5.46. The van der Waals surface area contributed by atoms with Crippen LogP contribution < -0.4 is 0 Å². The number of aromatic nitrogens is 4. The molecule has 0 radical (unpaired) electrons. The van der Waals surface area contributed by atoms with Gasteiger partial charge in [-0.05, 0) is 47.2 Å². The fourth-order valence-corrected chi connectivity index (χ4v) is 3.45. The molecule has 138 valence electrons. The minimum Gasteiger partial charge on any atom is -0.258 e. The Morgan fingerprint density at radius 1 is 1.11 bits per heavy atom. The van der Waals surface area contributed by atoms with E-state index in [0.717, 1.165) is 10.2 Å². The van der Waals surface area contributed by atoms with Crippen molar-refractivity contribution in [3.05, 3.63) is 72.2 Å². The SMILES string of the molecule is Cc1c([N+](=O)[O-])cc(CSc2nnnn2-c2ccc(Br)cc2)cc1[N+](=O)[O-]. The van der Waals surface area contributed by atoms with Crippen molar-refractivity contribution >= 4 is 39.1 Å². The first-order valence-electron chi connectivity index (χ1n) is 7.46. The predicted octanol–water partition coefficient (Wildman–Crippen LogP) is 3.84. The van der Waals surface area contributed by atoms with Gasteiger partial charge in [0.1, 0.15) is 5.56 Å². The van der Waals surface area contributed by atoms with Gasteiger partial charge in [-0.3, -0.25) is 20.2 Å². The smallest absolute Gasteiger partial charge is 0.258 e. The lowest BCUT2D eigenvalue weighted by Crippen LogP contribution is -2.01. The summed E-state index contributed by atoms with van der Waals surface area (Å²) in [4.78, 5) is 21.1. The Labute approximate surface area is 165 Å². The molecule has 3 rings (SSSR count). The number of nitrogens with zero attached hydrogens (tertiary/aromatic N) is 6. The summed E-state index contributed by atoms with van der Waals surface area (Å²) in [6.07, 6.45) is 0. The monoisotopic (exact) mass is 450 g/mol. The molecule has 0 amide bonds. The highest BCUT2D eigenvalue weighted by Gasteiger charge is 2.23. The third-order valence-electron chi connectivity index (χ3n) is 3.69. The predicted molar refractivity (Wildman–Crippen MR) is 101 cm³/mol. The van der Waals surface area contributed by atoms with Gasteiger partial charge in [0.15, 0.2) is 0 Å². The zero-order valence-electron chi connectivity index (χ0n) is 13.8. The lowest BCUT2D eigenvalue weighted by Gasteiger charge is -2.06. The number of tetrazole rings is 1. The van der Waals surface area contributed by atoms with Crippen molar-refractivity contribution in [2.45, 2.75) is 17.8 Å². The standard InChI is InChI=1S/C15H11BrN6O4S/c1-9-13(21(23)24)6-10(7-14(9)22(25)26)8-27-15-17-18-19-20(15)12-4-2-11(16)3-5-12/h2-7H,8H2,1H3. The van der Waals surface area contributed by atoms with Gasteiger partial charge < -0.3 is 0 Å². The van der Waals surface area contributed by atoms with Crippen molar-refractivity contribution in [2.24, 2.45) is 0 Å². The second-order valence-corrected chi connectivity index (χ2v) is 7.27. The summed E-state index contributed by atoms with van der Waals surface area (Å²) in [5.41, 5.74) is 0.638. The second kappa shape index (κ2) is 7.80. The van der Waals surface area contributed by atoms with Gasteiger partial charge in [0.25, 0.3) is 11.4 Å². The van der Waals surface area contributed by atoms with Crippen LogP contribution >= 0.6 is 27.7 Å². The molecule has 0 saturated heterocycles. The van der Waals surface area contributed by atoms with Crippen molar-refractivity contribution in [1.82, 2.24) is 20.2 Å². The number of hydrogen-bond acceptors (Lipinski definition) is 8. The topological polar surface area (TPSA) is 130 Å². The average molecular weight is 451 g/mol. The number of hydrogen-bond donors (Lipinski definition) is 0. The maximum absolute atomic E-state index is 11.2. The zero-order valence-corrected chi connectivity index (χ0v) is 16.2. The Hall–Kier alpha value is -2.86. The fraction of sp³-hybridized carbons (Fsp3) is 0.133. The molecule has 1 aromatic heterocycles. The van der Waals surface area contributed by atoms with Gasteiger partial charge in [0.2, 0.25) is 5.16 Å². The minimum atomic E-state index is -0.623. The first-order valence-corrected chi connectivity index (χ1v) is 9.24. The first-order chi connectivity index (χ1) is 12.9. The Morgan fingerprint density at radius 3 is 2.26 bits per heavy atom. The van der Waals surface area contributed by atoms with E-state index in [1.165, 1.54) is 35.5 Å². The minimum absolute atomic E-state index is 0.0263. The summed E-state index contributed by atoms with van der Waals surface area (Å²) in [6, 6.07) is 10.0. The van der Waals surface area contributed by atoms with Crippen molar-refractivity contribution in [3.63, 3.8) is 0 Å². The molecule has 27 heavy (non-hydrogen) atoms. The van der Waals surface area contributed by atoms with Crippen molar-refractivity contribution in [1.29, 1.82) is 0 Å². The summed E-state index contributed by atoms with van der Waals surface area (Å²) in [7, 11) is 0. The second-order valence-electron chi connectivity index (χ2n) is 5.41. The molecular weight excluding hydrogens is 440 g/mol. The molecule has 12 heteroatoms. The van der Waals surface area contributed by atoms with E-state index in [1.54, 1.807) is 0 Å². The lowest BCUT2D eigenvalue weighted by molar-refractivity contribution is -0.395. The van der Waals surface area contributed by atoms with Gasteiger partial charge in [-0.1, -0.05) is 27.7 Å². The highest BCUT2D eigenvalue weighted by Crippen LogP contribution is 2.32. The average Bonchev–Trinajstić information content (AvgIpc) is 3.09. The molecule has 0 saturated carbocycles. The summed E-state index contributed by atoms with van der Waals surface area (Å²) >= 11 is 4.58. The molecule has 0 unspecified atom stereocenters.